The summed E-state index contributed by atoms with van der Waals surface area (Å²) in [5, 5.41) is 9.09. The zero-order valence-electron chi connectivity index (χ0n) is 10.4. The van der Waals surface area contributed by atoms with E-state index in [0.29, 0.717) is 0 Å². The summed E-state index contributed by atoms with van der Waals surface area (Å²) in [4.78, 5) is 13.2. The molecular weight excluding hydrogens is 202 g/mol. The average molecular weight is 225 g/mol. The first-order valence-electron chi connectivity index (χ1n) is 6.54. The van der Waals surface area contributed by atoms with Crippen LogP contribution in [0.1, 0.15) is 39.5 Å². The first-order valence-corrected chi connectivity index (χ1v) is 6.54. The largest absolute Gasteiger partial charge is 0.480 e. The Bertz CT molecular complexity index is 259. The fraction of sp³-hybridized carbons (Fsp3) is 0.923. The molecule has 1 aliphatic heterocycles. The lowest BCUT2D eigenvalue weighted by Gasteiger charge is -2.40. The molecule has 2 aliphatic rings. The highest BCUT2D eigenvalue weighted by atomic mass is 16.4. The molecule has 2 rings (SSSR count). The van der Waals surface area contributed by atoms with Crippen molar-refractivity contribution in [1.29, 1.82) is 0 Å². The quantitative estimate of drug-likeness (QED) is 0.797. The number of hydrogen-bond acceptors (Lipinski definition) is 2. The van der Waals surface area contributed by atoms with Gasteiger partial charge in [0.05, 0.1) is 0 Å². The second kappa shape index (κ2) is 4.74. The van der Waals surface area contributed by atoms with Gasteiger partial charge < -0.3 is 5.11 Å². The molecule has 1 atom stereocenters. The van der Waals surface area contributed by atoms with E-state index < -0.39 is 5.97 Å². The Kier molecular flexibility index (Phi) is 3.53. The van der Waals surface area contributed by atoms with Gasteiger partial charge in [-0.15, -0.1) is 0 Å². The number of rotatable bonds is 4. The number of aliphatic carboxylic acids is 1. The van der Waals surface area contributed by atoms with E-state index in [9.17, 15) is 4.79 Å². The highest BCUT2D eigenvalue weighted by Crippen LogP contribution is 2.39. The summed E-state index contributed by atoms with van der Waals surface area (Å²) in [6.07, 6.45) is 4.51. The molecule has 3 nitrogen and oxygen atoms in total. The highest BCUT2D eigenvalue weighted by Gasteiger charge is 2.36. The third-order valence-corrected chi connectivity index (χ3v) is 4.36. The van der Waals surface area contributed by atoms with Crippen molar-refractivity contribution in [2.45, 2.75) is 45.6 Å². The molecule has 1 saturated heterocycles. The molecule has 0 aromatic rings. The molecule has 1 aliphatic carbocycles. The van der Waals surface area contributed by atoms with Crippen LogP contribution in [0.4, 0.5) is 0 Å². The summed E-state index contributed by atoms with van der Waals surface area (Å²) >= 11 is 0. The first-order chi connectivity index (χ1) is 7.58. The zero-order valence-corrected chi connectivity index (χ0v) is 10.4. The van der Waals surface area contributed by atoms with Crippen molar-refractivity contribution >= 4 is 5.97 Å². The molecule has 0 aromatic heterocycles. The third kappa shape index (κ3) is 2.40. The summed E-state index contributed by atoms with van der Waals surface area (Å²) in [6, 6.07) is -0.196. The fourth-order valence-corrected chi connectivity index (χ4v) is 3.14. The van der Waals surface area contributed by atoms with E-state index in [1.165, 1.54) is 12.8 Å². The highest BCUT2D eigenvalue weighted by molar-refractivity contribution is 5.73. The van der Waals surface area contributed by atoms with Gasteiger partial charge in [-0.3, -0.25) is 9.69 Å². The molecule has 92 valence electrons. The Morgan fingerprint density at radius 2 is 2.12 bits per heavy atom. The number of nitrogens with zero attached hydrogens (tertiary/aromatic N) is 1. The molecule has 0 amide bonds. The smallest absolute Gasteiger partial charge is 0.320 e. The Morgan fingerprint density at radius 3 is 2.69 bits per heavy atom. The van der Waals surface area contributed by atoms with Gasteiger partial charge in [0.25, 0.3) is 0 Å². The van der Waals surface area contributed by atoms with Gasteiger partial charge in [-0.25, -0.2) is 0 Å². The Labute approximate surface area is 97.8 Å². The molecular formula is C13H23NO2. The minimum absolute atomic E-state index is 0.196. The average Bonchev–Trinajstić information content (AvgIpc) is 2.57. The SMILES string of the molecule is CC(C)[C@H]1C[C@@H](CN2CCC[C@H]2C(=O)O)C1. The van der Waals surface area contributed by atoms with E-state index in [1.54, 1.807) is 0 Å². The number of carbonyl (C=O) groups is 1. The van der Waals surface area contributed by atoms with E-state index in [0.717, 1.165) is 43.7 Å². The topological polar surface area (TPSA) is 40.5 Å². The minimum atomic E-state index is -0.628. The van der Waals surface area contributed by atoms with Crippen molar-refractivity contribution in [2.75, 3.05) is 13.1 Å². The Hall–Kier alpha value is -0.570. The molecule has 1 heterocycles. The molecule has 2 fully saturated rings. The third-order valence-electron chi connectivity index (χ3n) is 4.36. The van der Waals surface area contributed by atoms with Crippen LogP contribution in [-0.2, 0) is 4.79 Å². The van der Waals surface area contributed by atoms with E-state index in [-0.39, 0.29) is 6.04 Å². The van der Waals surface area contributed by atoms with E-state index in [1.807, 2.05) is 0 Å². The van der Waals surface area contributed by atoms with Gasteiger partial charge in [-0.2, -0.15) is 0 Å². The Morgan fingerprint density at radius 1 is 1.44 bits per heavy atom. The maximum absolute atomic E-state index is 11.0. The maximum atomic E-state index is 11.0. The van der Waals surface area contributed by atoms with Crippen LogP contribution < -0.4 is 0 Å². The number of hydrogen-bond donors (Lipinski definition) is 1. The molecule has 0 bridgehead atoms. The lowest BCUT2D eigenvalue weighted by atomic mass is 9.69. The van der Waals surface area contributed by atoms with Gasteiger partial charge in [0.1, 0.15) is 6.04 Å². The number of carboxylic acid groups (broad SMARTS) is 1. The lowest BCUT2D eigenvalue weighted by Crippen LogP contribution is -2.42. The molecule has 1 saturated carbocycles. The van der Waals surface area contributed by atoms with Gasteiger partial charge in [0.15, 0.2) is 0 Å². The van der Waals surface area contributed by atoms with Crippen LogP contribution in [0, 0.1) is 17.8 Å². The molecule has 0 unspecified atom stereocenters. The van der Waals surface area contributed by atoms with Crippen LogP contribution in [0.15, 0.2) is 0 Å². The standard InChI is InChI=1S/C13H23NO2/c1-9(2)11-6-10(7-11)8-14-5-3-4-12(14)13(15)16/h9-12H,3-8H2,1-2H3,(H,15,16)/t10-,11+,12-/m0/s1. The van der Waals surface area contributed by atoms with E-state index in [4.69, 9.17) is 5.11 Å². The molecule has 16 heavy (non-hydrogen) atoms. The van der Waals surface area contributed by atoms with Crippen LogP contribution in [0.3, 0.4) is 0 Å². The van der Waals surface area contributed by atoms with E-state index >= 15 is 0 Å². The minimum Gasteiger partial charge on any atom is -0.480 e. The molecule has 0 aromatic carbocycles. The van der Waals surface area contributed by atoms with Crippen LogP contribution >= 0.6 is 0 Å². The van der Waals surface area contributed by atoms with Crippen LogP contribution in [0.2, 0.25) is 0 Å². The summed E-state index contributed by atoms with van der Waals surface area (Å²) in [6.45, 7) is 6.58. The maximum Gasteiger partial charge on any atom is 0.320 e. The number of likely N-dealkylation sites (tertiary alicyclic amines) is 1. The summed E-state index contributed by atoms with van der Waals surface area (Å²) < 4.78 is 0. The van der Waals surface area contributed by atoms with Gasteiger partial charge in [0.2, 0.25) is 0 Å². The molecule has 0 radical (unpaired) electrons. The van der Waals surface area contributed by atoms with Crippen molar-refractivity contribution in [3.8, 4) is 0 Å². The monoisotopic (exact) mass is 225 g/mol. The molecule has 0 spiro atoms. The van der Waals surface area contributed by atoms with E-state index in [2.05, 4.69) is 18.7 Å². The van der Waals surface area contributed by atoms with Gasteiger partial charge in [-0.1, -0.05) is 13.8 Å². The second-order valence-electron chi connectivity index (χ2n) is 5.83. The van der Waals surface area contributed by atoms with Crippen molar-refractivity contribution in [3.05, 3.63) is 0 Å². The lowest BCUT2D eigenvalue weighted by molar-refractivity contribution is -0.142. The predicted octanol–water partition coefficient (Wildman–Crippen LogP) is 2.22. The Balaban J connectivity index is 1.76. The van der Waals surface area contributed by atoms with Gasteiger partial charge in [0, 0.05) is 6.54 Å². The summed E-state index contributed by atoms with van der Waals surface area (Å²) in [5.74, 6) is 1.81. The van der Waals surface area contributed by atoms with Gasteiger partial charge >= 0.3 is 5.97 Å². The second-order valence-corrected chi connectivity index (χ2v) is 5.83. The van der Waals surface area contributed by atoms with Crippen molar-refractivity contribution in [2.24, 2.45) is 17.8 Å². The predicted molar refractivity (Wildman–Crippen MR) is 63.3 cm³/mol. The first kappa shape index (κ1) is 11.9. The van der Waals surface area contributed by atoms with Crippen molar-refractivity contribution in [3.63, 3.8) is 0 Å². The van der Waals surface area contributed by atoms with Crippen molar-refractivity contribution < 1.29 is 9.90 Å². The van der Waals surface area contributed by atoms with Gasteiger partial charge in [-0.05, 0) is 50.0 Å². The molecule has 3 heteroatoms. The fourth-order valence-electron chi connectivity index (χ4n) is 3.14. The number of carboxylic acids is 1. The van der Waals surface area contributed by atoms with Crippen LogP contribution in [-0.4, -0.2) is 35.1 Å². The summed E-state index contributed by atoms with van der Waals surface area (Å²) in [5.41, 5.74) is 0. The molecule has 1 N–H and O–H groups in total. The van der Waals surface area contributed by atoms with Crippen molar-refractivity contribution in [1.82, 2.24) is 4.90 Å². The summed E-state index contributed by atoms with van der Waals surface area (Å²) in [7, 11) is 0. The normalized spacial score (nSPS) is 35.3. The van der Waals surface area contributed by atoms with Crippen LogP contribution in [0.25, 0.3) is 0 Å². The van der Waals surface area contributed by atoms with Crippen LogP contribution in [0.5, 0.6) is 0 Å². The zero-order chi connectivity index (χ0) is 11.7.